The van der Waals surface area contributed by atoms with E-state index in [0.717, 1.165) is 5.75 Å². The van der Waals surface area contributed by atoms with Crippen LogP contribution < -0.4 is 10.1 Å². The summed E-state index contributed by atoms with van der Waals surface area (Å²) in [5, 5.41) is 3.58. The van der Waals surface area contributed by atoms with E-state index in [4.69, 9.17) is 9.47 Å². The van der Waals surface area contributed by atoms with Gasteiger partial charge in [-0.05, 0) is 26.8 Å². The van der Waals surface area contributed by atoms with Crippen LogP contribution in [0.3, 0.4) is 0 Å². The number of hydrogen-bond acceptors (Lipinski definition) is 3. The van der Waals surface area contributed by atoms with Crippen LogP contribution in [0.2, 0.25) is 0 Å². The first-order valence-electron chi connectivity index (χ1n) is 6.07. The Balaban J connectivity index is 2.19. The van der Waals surface area contributed by atoms with Crippen LogP contribution in [0.5, 0.6) is 5.75 Å². The highest BCUT2D eigenvalue weighted by Crippen LogP contribution is 2.42. The maximum Gasteiger partial charge on any atom is 0.125 e. The number of ether oxygens (including phenoxy) is 2. The summed E-state index contributed by atoms with van der Waals surface area (Å²) < 4.78 is 11.1. The second kappa shape index (κ2) is 4.67. The van der Waals surface area contributed by atoms with Crippen LogP contribution in [0.1, 0.15) is 32.4 Å². The first kappa shape index (κ1) is 12.4. The van der Waals surface area contributed by atoms with Gasteiger partial charge in [0, 0.05) is 18.7 Å². The highest BCUT2D eigenvalue weighted by molar-refractivity contribution is 5.42. The van der Waals surface area contributed by atoms with E-state index in [1.54, 1.807) is 7.11 Å². The second-order valence-electron chi connectivity index (χ2n) is 5.20. The lowest BCUT2D eigenvalue weighted by molar-refractivity contribution is 0.0816. The summed E-state index contributed by atoms with van der Waals surface area (Å²) in [6, 6.07) is 8.73. The van der Waals surface area contributed by atoms with Crippen molar-refractivity contribution in [3.63, 3.8) is 0 Å². The van der Waals surface area contributed by atoms with E-state index >= 15 is 0 Å². The standard InChI is InChI=1S/C14H21NO2/c1-10(9-16-4)15-13-11-7-5-6-8-12(11)17-14(13,2)3/h5-8,10,13,15H,9H2,1-4H3. The van der Waals surface area contributed by atoms with Crippen molar-refractivity contribution < 1.29 is 9.47 Å². The number of rotatable bonds is 4. The fourth-order valence-corrected chi connectivity index (χ4v) is 2.40. The minimum absolute atomic E-state index is 0.212. The molecular weight excluding hydrogens is 214 g/mol. The molecule has 2 unspecified atom stereocenters. The molecule has 0 aliphatic carbocycles. The molecule has 1 N–H and O–H groups in total. The van der Waals surface area contributed by atoms with Crippen molar-refractivity contribution in [1.29, 1.82) is 0 Å². The molecule has 0 saturated carbocycles. The average molecular weight is 235 g/mol. The quantitative estimate of drug-likeness (QED) is 0.870. The third kappa shape index (κ3) is 2.45. The zero-order valence-electron chi connectivity index (χ0n) is 11.0. The number of para-hydroxylation sites is 1. The van der Waals surface area contributed by atoms with Gasteiger partial charge in [-0.15, -0.1) is 0 Å². The highest BCUT2D eigenvalue weighted by atomic mass is 16.5. The molecule has 94 valence electrons. The molecule has 1 heterocycles. The Morgan fingerprint density at radius 1 is 1.41 bits per heavy atom. The summed E-state index contributed by atoms with van der Waals surface area (Å²) in [6.45, 7) is 7.06. The minimum Gasteiger partial charge on any atom is -0.486 e. The summed E-state index contributed by atoms with van der Waals surface area (Å²) in [7, 11) is 1.72. The van der Waals surface area contributed by atoms with E-state index in [1.807, 2.05) is 12.1 Å². The van der Waals surface area contributed by atoms with Gasteiger partial charge in [0.25, 0.3) is 0 Å². The van der Waals surface area contributed by atoms with Crippen molar-refractivity contribution in [3.05, 3.63) is 29.8 Å². The molecule has 2 rings (SSSR count). The van der Waals surface area contributed by atoms with Crippen LogP contribution in [-0.4, -0.2) is 25.4 Å². The minimum atomic E-state index is -0.217. The third-order valence-electron chi connectivity index (χ3n) is 3.17. The van der Waals surface area contributed by atoms with Crippen LogP contribution in [-0.2, 0) is 4.74 Å². The molecule has 17 heavy (non-hydrogen) atoms. The van der Waals surface area contributed by atoms with Gasteiger partial charge in [0.1, 0.15) is 11.4 Å². The number of hydrogen-bond donors (Lipinski definition) is 1. The molecule has 0 saturated heterocycles. The van der Waals surface area contributed by atoms with Crippen LogP contribution in [0.15, 0.2) is 24.3 Å². The molecule has 1 aliphatic rings. The second-order valence-corrected chi connectivity index (χ2v) is 5.20. The molecule has 0 bridgehead atoms. The Labute approximate surface area is 103 Å². The van der Waals surface area contributed by atoms with E-state index in [1.165, 1.54) is 5.56 Å². The van der Waals surface area contributed by atoms with E-state index in [9.17, 15) is 0 Å². The lowest BCUT2D eigenvalue weighted by Crippen LogP contribution is -2.44. The van der Waals surface area contributed by atoms with Gasteiger partial charge >= 0.3 is 0 Å². The molecule has 2 atom stereocenters. The SMILES string of the molecule is COCC(C)NC1c2ccccc2OC1(C)C. The fourth-order valence-electron chi connectivity index (χ4n) is 2.40. The molecule has 3 nitrogen and oxygen atoms in total. The van der Waals surface area contributed by atoms with Gasteiger partial charge in [-0.1, -0.05) is 18.2 Å². The Kier molecular flexibility index (Phi) is 3.40. The molecular formula is C14H21NO2. The van der Waals surface area contributed by atoms with E-state index in [2.05, 4.69) is 38.2 Å². The Morgan fingerprint density at radius 2 is 2.12 bits per heavy atom. The van der Waals surface area contributed by atoms with Gasteiger partial charge in [-0.3, -0.25) is 0 Å². The number of benzene rings is 1. The molecule has 0 fully saturated rings. The molecule has 0 radical (unpaired) electrons. The largest absolute Gasteiger partial charge is 0.486 e. The van der Waals surface area contributed by atoms with Gasteiger partial charge in [0.2, 0.25) is 0 Å². The zero-order valence-corrected chi connectivity index (χ0v) is 11.0. The lowest BCUT2D eigenvalue weighted by Gasteiger charge is -2.29. The van der Waals surface area contributed by atoms with Crippen molar-refractivity contribution in [2.75, 3.05) is 13.7 Å². The van der Waals surface area contributed by atoms with Crippen LogP contribution in [0.25, 0.3) is 0 Å². The molecule has 1 aliphatic heterocycles. The summed E-state index contributed by atoms with van der Waals surface area (Å²) in [5.41, 5.74) is 1.02. The van der Waals surface area contributed by atoms with Gasteiger partial charge < -0.3 is 14.8 Å². The summed E-state index contributed by atoms with van der Waals surface area (Å²) in [6.07, 6.45) is 0. The van der Waals surface area contributed by atoms with Gasteiger partial charge in [-0.25, -0.2) is 0 Å². The Hall–Kier alpha value is -1.06. The Bertz CT molecular complexity index is 390. The maximum atomic E-state index is 5.98. The number of fused-ring (bicyclic) bond motifs is 1. The van der Waals surface area contributed by atoms with E-state index in [-0.39, 0.29) is 11.6 Å². The zero-order chi connectivity index (χ0) is 12.5. The first-order chi connectivity index (χ1) is 8.04. The Morgan fingerprint density at radius 3 is 2.82 bits per heavy atom. The predicted molar refractivity (Wildman–Crippen MR) is 68.4 cm³/mol. The maximum absolute atomic E-state index is 5.98. The third-order valence-corrected chi connectivity index (χ3v) is 3.17. The summed E-state index contributed by atoms with van der Waals surface area (Å²) >= 11 is 0. The predicted octanol–water partition coefficient (Wildman–Crippen LogP) is 2.52. The van der Waals surface area contributed by atoms with Crippen molar-refractivity contribution in [2.45, 2.75) is 38.5 Å². The molecule has 0 amide bonds. The summed E-state index contributed by atoms with van der Waals surface area (Å²) in [5.74, 6) is 0.986. The lowest BCUT2D eigenvalue weighted by atomic mass is 9.94. The normalized spacial score (nSPS) is 22.9. The van der Waals surface area contributed by atoms with Crippen molar-refractivity contribution in [3.8, 4) is 5.75 Å². The monoisotopic (exact) mass is 235 g/mol. The van der Waals surface area contributed by atoms with E-state index < -0.39 is 0 Å². The van der Waals surface area contributed by atoms with Crippen molar-refractivity contribution >= 4 is 0 Å². The van der Waals surface area contributed by atoms with Gasteiger partial charge in [0.15, 0.2) is 0 Å². The van der Waals surface area contributed by atoms with Crippen LogP contribution in [0.4, 0.5) is 0 Å². The average Bonchev–Trinajstić information content (AvgIpc) is 2.51. The molecule has 1 aromatic carbocycles. The highest BCUT2D eigenvalue weighted by Gasteiger charge is 2.41. The van der Waals surface area contributed by atoms with Gasteiger partial charge in [-0.2, -0.15) is 0 Å². The van der Waals surface area contributed by atoms with Crippen LogP contribution in [0, 0.1) is 0 Å². The first-order valence-corrected chi connectivity index (χ1v) is 6.07. The molecule has 0 spiro atoms. The smallest absolute Gasteiger partial charge is 0.125 e. The topological polar surface area (TPSA) is 30.5 Å². The fraction of sp³-hybridized carbons (Fsp3) is 0.571. The van der Waals surface area contributed by atoms with Gasteiger partial charge in [0.05, 0.1) is 12.6 Å². The van der Waals surface area contributed by atoms with Crippen molar-refractivity contribution in [1.82, 2.24) is 5.32 Å². The number of methoxy groups -OCH3 is 1. The number of nitrogens with one attached hydrogen (secondary N) is 1. The molecule has 1 aromatic rings. The molecule has 3 heteroatoms. The van der Waals surface area contributed by atoms with Crippen molar-refractivity contribution in [2.24, 2.45) is 0 Å². The van der Waals surface area contributed by atoms with E-state index in [0.29, 0.717) is 12.6 Å². The molecule has 0 aromatic heterocycles. The van der Waals surface area contributed by atoms with Crippen LogP contribution >= 0.6 is 0 Å². The summed E-state index contributed by atoms with van der Waals surface area (Å²) in [4.78, 5) is 0.